The lowest BCUT2D eigenvalue weighted by molar-refractivity contribution is -0.131. The van der Waals surface area contributed by atoms with Gasteiger partial charge in [0.25, 0.3) is 0 Å². The number of hydrogen-bond donors (Lipinski definition) is 2. The Morgan fingerprint density at radius 1 is 1.43 bits per heavy atom. The van der Waals surface area contributed by atoms with Gasteiger partial charge in [0.2, 0.25) is 11.8 Å². The summed E-state index contributed by atoms with van der Waals surface area (Å²) in [4.78, 5) is 28.5. The molecule has 2 N–H and O–H groups in total. The van der Waals surface area contributed by atoms with E-state index in [0.717, 1.165) is 30.3 Å². The molecular weight excluding hydrogens is 297 g/mol. The zero-order valence-corrected chi connectivity index (χ0v) is 13.1. The summed E-state index contributed by atoms with van der Waals surface area (Å²) in [6, 6.07) is 4.50. The van der Waals surface area contributed by atoms with Crippen LogP contribution in [0.1, 0.15) is 25.3 Å². The number of carbonyl (C=O) groups is 2. The summed E-state index contributed by atoms with van der Waals surface area (Å²) < 4.78 is 13.2. The third kappa shape index (κ3) is 3.52. The molecule has 1 aromatic heterocycles. The van der Waals surface area contributed by atoms with Gasteiger partial charge in [0.05, 0.1) is 6.42 Å². The molecule has 0 radical (unpaired) electrons. The van der Waals surface area contributed by atoms with Crippen LogP contribution in [0.3, 0.4) is 0 Å². The quantitative estimate of drug-likeness (QED) is 0.909. The molecule has 1 fully saturated rings. The first kappa shape index (κ1) is 15.5. The summed E-state index contributed by atoms with van der Waals surface area (Å²) in [6.45, 7) is 2.88. The molecule has 3 rings (SSSR count). The number of fused-ring (bicyclic) bond motifs is 1. The Kier molecular flexibility index (Phi) is 4.32. The van der Waals surface area contributed by atoms with Crippen LogP contribution in [0.15, 0.2) is 24.4 Å². The number of aromatic nitrogens is 1. The number of carbonyl (C=O) groups excluding carboxylic acids is 2. The van der Waals surface area contributed by atoms with Crippen molar-refractivity contribution < 1.29 is 14.0 Å². The van der Waals surface area contributed by atoms with E-state index < -0.39 is 0 Å². The Labute approximate surface area is 133 Å². The van der Waals surface area contributed by atoms with E-state index >= 15 is 0 Å². The number of nitrogens with zero attached hydrogens (tertiary/aromatic N) is 1. The van der Waals surface area contributed by atoms with Crippen molar-refractivity contribution in [1.29, 1.82) is 0 Å². The van der Waals surface area contributed by atoms with Crippen molar-refractivity contribution in [2.24, 2.45) is 0 Å². The van der Waals surface area contributed by atoms with E-state index in [-0.39, 0.29) is 30.1 Å². The third-order valence-electron chi connectivity index (χ3n) is 4.31. The molecule has 1 aliphatic rings. The van der Waals surface area contributed by atoms with Crippen molar-refractivity contribution in [3.8, 4) is 0 Å². The Bertz CT molecular complexity index is 741. The maximum atomic E-state index is 13.2. The number of rotatable bonds is 3. The molecule has 1 aromatic carbocycles. The normalized spacial score (nSPS) is 18.2. The first-order valence-corrected chi connectivity index (χ1v) is 7.83. The van der Waals surface area contributed by atoms with Crippen LogP contribution >= 0.6 is 0 Å². The highest BCUT2D eigenvalue weighted by molar-refractivity contribution is 5.89. The fraction of sp³-hybridized carbons (Fsp3) is 0.412. The molecule has 1 aliphatic heterocycles. The van der Waals surface area contributed by atoms with Crippen LogP contribution in [0.4, 0.5) is 4.39 Å². The van der Waals surface area contributed by atoms with Gasteiger partial charge >= 0.3 is 0 Å². The first-order valence-electron chi connectivity index (χ1n) is 7.83. The van der Waals surface area contributed by atoms with Gasteiger partial charge in [-0.05, 0) is 36.6 Å². The summed E-state index contributed by atoms with van der Waals surface area (Å²) in [6.07, 6.45) is 3.76. The number of nitrogens with one attached hydrogen (secondary N) is 2. The molecule has 1 saturated heterocycles. The highest BCUT2D eigenvalue weighted by atomic mass is 19.1. The van der Waals surface area contributed by atoms with Crippen molar-refractivity contribution in [1.82, 2.24) is 15.2 Å². The smallest absolute Gasteiger partial charge is 0.224 e. The fourth-order valence-corrected chi connectivity index (χ4v) is 3.14. The number of benzene rings is 1. The SMILES string of the molecule is CC(=O)N1CCCC(NC(=O)Cc2c[nH]c3cc(F)ccc23)C1. The van der Waals surface area contributed by atoms with E-state index in [4.69, 9.17) is 0 Å². The Balaban J connectivity index is 1.63. The van der Waals surface area contributed by atoms with Crippen LogP contribution < -0.4 is 5.32 Å². The van der Waals surface area contributed by atoms with Gasteiger partial charge < -0.3 is 15.2 Å². The van der Waals surface area contributed by atoms with Crippen molar-refractivity contribution >= 4 is 22.7 Å². The monoisotopic (exact) mass is 317 g/mol. The van der Waals surface area contributed by atoms with Gasteiger partial charge in [0, 0.05) is 43.2 Å². The number of likely N-dealkylation sites (tertiary alicyclic amines) is 1. The highest BCUT2D eigenvalue weighted by Crippen LogP contribution is 2.20. The molecule has 1 atom stereocenters. The molecule has 1 unspecified atom stereocenters. The van der Waals surface area contributed by atoms with Gasteiger partial charge in [-0.2, -0.15) is 0 Å². The molecule has 2 heterocycles. The van der Waals surface area contributed by atoms with E-state index in [1.54, 1.807) is 24.1 Å². The number of halogens is 1. The van der Waals surface area contributed by atoms with E-state index in [0.29, 0.717) is 12.1 Å². The summed E-state index contributed by atoms with van der Waals surface area (Å²) in [7, 11) is 0. The van der Waals surface area contributed by atoms with E-state index in [2.05, 4.69) is 10.3 Å². The molecule has 23 heavy (non-hydrogen) atoms. The van der Waals surface area contributed by atoms with Crippen molar-refractivity contribution in [3.63, 3.8) is 0 Å². The average molecular weight is 317 g/mol. The van der Waals surface area contributed by atoms with Crippen molar-refractivity contribution in [3.05, 3.63) is 35.8 Å². The summed E-state index contributed by atoms with van der Waals surface area (Å²) in [5, 5.41) is 3.85. The van der Waals surface area contributed by atoms with Crippen molar-refractivity contribution in [2.45, 2.75) is 32.2 Å². The third-order valence-corrected chi connectivity index (χ3v) is 4.31. The maximum absolute atomic E-state index is 13.2. The summed E-state index contributed by atoms with van der Waals surface area (Å²) >= 11 is 0. The Hall–Kier alpha value is -2.37. The molecule has 0 saturated carbocycles. The van der Waals surface area contributed by atoms with Crippen LogP contribution in [-0.4, -0.2) is 40.8 Å². The van der Waals surface area contributed by atoms with E-state index in [1.807, 2.05) is 0 Å². The summed E-state index contributed by atoms with van der Waals surface area (Å²) in [5.74, 6) is -0.338. The number of piperidine rings is 1. The van der Waals surface area contributed by atoms with Gasteiger partial charge in [-0.1, -0.05) is 0 Å². The minimum absolute atomic E-state index is 0.00259. The van der Waals surface area contributed by atoms with Crippen LogP contribution in [0, 0.1) is 5.82 Å². The first-order chi connectivity index (χ1) is 11.0. The van der Waals surface area contributed by atoms with Crippen LogP contribution in [-0.2, 0) is 16.0 Å². The lowest BCUT2D eigenvalue weighted by Gasteiger charge is -2.32. The minimum Gasteiger partial charge on any atom is -0.361 e. The predicted octanol–water partition coefficient (Wildman–Crippen LogP) is 1.98. The standard InChI is InChI=1S/C17H20FN3O2/c1-11(22)21-6-2-3-14(10-21)20-17(23)7-12-9-19-16-8-13(18)4-5-15(12)16/h4-5,8-9,14,19H,2-3,6-7,10H2,1H3,(H,20,23). The second-order valence-electron chi connectivity index (χ2n) is 6.05. The molecule has 0 bridgehead atoms. The fourth-order valence-electron chi connectivity index (χ4n) is 3.14. The number of amides is 2. The zero-order valence-electron chi connectivity index (χ0n) is 13.1. The molecule has 5 nitrogen and oxygen atoms in total. The van der Waals surface area contributed by atoms with Gasteiger partial charge in [0.15, 0.2) is 0 Å². The Morgan fingerprint density at radius 2 is 2.26 bits per heavy atom. The highest BCUT2D eigenvalue weighted by Gasteiger charge is 2.23. The van der Waals surface area contributed by atoms with Gasteiger partial charge in [-0.3, -0.25) is 9.59 Å². The van der Waals surface area contributed by atoms with Crippen LogP contribution in [0.25, 0.3) is 10.9 Å². The number of hydrogen-bond acceptors (Lipinski definition) is 2. The second-order valence-corrected chi connectivity index (χ2v) is 6.05. The van der Waals surface area contributed by atoms with E-state index in [1.165, 1.54) is 12.1 Å². The van der Waals surface area contributed by atoms with Gasteiger partial charge in [0.1, 0.15) is 5.82 Å². The van der Waals surface area contributed by atoms with Crippen molar-refractivity contribution in [2.75, 3.05) is 13.1 Å². The lowest BCUT2D eigenvalue weighted by Crippen LogP contribution is -2.49. The maximum Gasteiger partial charge on any atom is 0.224 e. The summed E-state index contributed by atoms with van der Waals surface area (Å²) in [5.41, 5.74) is 1.53. The van der Waals surface area contributed by atoms with Gasteiger partial charge in [-0.25, -0.2) is 4.39 Å². The van der Waals surface area contributed by atoms with E-state index in [9.17, 15) is 14.0 Å². The molecule has 2 aromatic rings. The molecule has 6 heteroatoms. The number of H-pyrrole nitrogens is 1. The van der Waals surface area contributed by atoms with Crippen LogP contribution in [0.5, 0.6) is 0 Å². The minimum atomic E-state index is -0.304. The largest absolute Gasteiger partial charge is 0.361 e. The average Bonchev–Trinajstić information content (AvgIpc) is 2.89. The number of aromatic amines is 1. The molecular formula is C17H20FN3O2. The van der Waals surface area contributed by atoms with Crippen LogP contribution in [0.2, 0.25) is 0 Å². The Morgan fingerprint density at radius 3 is 3.04 bits per heavy atom. The molecule has 0 aliphatic carbocycles. The molecule has 122 valence electrons. The second kappa shape index (κ2) is 6.40. The predicted molar refractivity (Wildman–Crippen MR) is 85.4 cm³/mol. The van der Waals surface area contributed by atoms with Gasteiger partial charge in [-0.15, -0.1) is 0 Å². The molecule has 0 spiro atoms. The zero-order chi connectivity index (χ0) is 16.4. The molecule has 2 amide bonds. The topological polar surface area (TPSA) is 65.2 Å². The lowest BCUT2D eigenvalue weighted by atomic mass is 10.0.